The van der Waals surface area contributed by atoms with Crippen LogP contribution < -0.4 is 0 Å². The van der Waals surface area contributed by atoms with Gasteiger partial charge >= 0.3 is 24.2 Å². The van der Waals surface area contributed by atoms with Gasteiger partial charge in [-0.05, 0) is 40.5 Å². The third-order valence-electron chi connectivity index (χ3n) is 3.45. The summed E-state index contributed by atoms with van der Waals surface area (Å²) in [5, 5.41) is 0. The Labute approximate surface area is 177 Å². The first-order valence-corrected chi connectivity index (χ1v) is 10.1. The number of unbranched alkanes of at least 4 members (excludes halogenated alkanes) is 1. The molecule has 0 N–H and O–H groups in total. The first-order valence-electron chi connectivity index (χ1n) is 10.1. The number of carbonyl (C=O) groups excluding carboxylic acids is 4. The molecular weight excluding hydrogens is 400 g/mol. The second kappa shape index (κ2) is 16.3. The fraction of sp³-hybridized carbons (Fsp3) is 0.800. The van der Waals surface area contributed by atoms with Crippen LogP contribution in [-0.2, 0) is 38.0 Å². The number of rotatable bonds is 14. The van der Waals surface area contributed by atoms with Gasteiger partial charge in [0, 0.05) is 6.42 Å². The average molecular weight is 434 g/mol. The van der Waals surface area contributed by atoms with E-state index in [1.165, 1.54) is 0 Å². The molecule has 1 atom stereocenters. The average Bonchev–Trinajstić information content (AvgIpc) is 2.64. The van der Waals surface area contributed by atoms with Crippen LogP contribution in [-0.4, -0.2) is 62.9 Å². The Bertz CT molecular complexity index is 530. The monoisotopic (exact) mass is 434 g/mol. The predicted octanol–water partition coefficient (Wildman–Crippen LogP) is 3.39. The van der Waals surface area contributed by atoms with Crippen LogP contribution in [0.2, 0.25) is 0 Å². The standard InChI is InChI=1S/C20H34O10/c1-14(2)29-19(23)27-12-10-25-17(21)9-7-6-8-16(5)18(22)26-11-13-28-20(24)30-15(3)4/h14-16H,6-13H2,1-5H3. The molecule has 0 aromatic rings. The molecule has 1 unspecified atom stereocenters. The Morgan fingerprint density at radius 2 is 1.10 bits per heavy atom. The van der Waals surface area contributed by atoms with Gasteiger partial charge in [0.2, 0.25) is 0 Å². The van der Waals surface area contributed by atoms with Gasteiger partial charge in [-0.15, -0.1) is 0 Å². The van der Waals surface area contributed by atoms with Crippen molar-refractivity contribution in [3.63, 3.8) is 0 Å². The maximum Gasteiger partial charge on any atom is 0.508 e. The fourth-order valence-electron chi connectivity index (χ4n) is 2.05. The largest absolute Gasteiger partial charge is 0.508 e. The van der Waals surface area contributed by atoms with Crippen molar-refractivity contribution in [3.05, 3.63) is 0 Å². The van der Waals surface area contributed by atoms with E-state index >= 15 is 0 Å². The summed E-state index contributed by atoms with van der Waals surface area (Å²) >= 11 is 0. The Kier molecular flexibility index (Phi) is 14.9. The molecule has 0 amide bonds. The van der Waals surface area contributed by atoms with Crippen molar-refractivity contribution in [2.75, 3.05) is 26.4 Å². The zero-order valence-corrected chi connectivity index (χ0v) is 18.5. The van der Waals surface area contributed by atoms with Crippen LogP contribution in [0.1, 0.15) is 60.3 Å². The minimum Gasteiger partial charge on any atom is -0.462 e. The van der Waals surface area contributed by atoms with Gasteiger partial charge < -0.3 is 28.4 Å². The highest BCUT2D eigenvalue weighted by Crippen LogP contribution is 2.11. The summed E-state index contributed by atoms with van der Waals surface area (Å²) in [5.74, 6) is -1.15. The molecule has 0 aromatic carbocycles. The summed E-state index contributed by atoms with van der Waals surface area (Å²) in [6.45, 7) is 8.28. The zero-order chi connectivity index (χ0) is 22.9. The smallest absolute Gasteiger partial charge is 0.462 e. The van der Waals surface area contributed by atoms with Crippen LogP contribution in [0.15, 0.2) is 0 Å². The summed E-state index contributed by atoms with van der Waals surface area (Å²) in [6, 6.07) is 0. The van der Waals surface area contributed by atoms with Gasteiger partial charge in [0.05, 0.1) is 18.1 Å². The molecular formula is C20H34O10. The molecule has 0 aliphatic rings. The molecule has 0 spiro atoms. The number of hydrogen-bond donors (Lipinski definition) is 0. The summed E-state index contributed by atoms with van der Waals surface area (Å²) in [4.78, 5) is 45.7. The van der Waals surface area contributed by atoms with E-state index < -0.39 is 24.2 Å². The van der Waals surface area contributed by atoms with E-state index in [4.69, 9.17) is 28.4 Å². The van der Waals surface area contributed by atoms with E-state index in [1.807, 2.05) is 0 Å². The van der Waals surface area contributed by atoms with E-state index in [2.05, 4.69) is 0 Å². The summed E-state index contributed by atoms with van der Waals surface area (Å²) in [7, 11) is 0. The first kappa shape index (κ1) is 27.5. The molecule has 0 fully saturated rings. The van der Waals surface area contributed by atoms with E-state index in [9.17, 15) is 19.2 Å². The van der Waals surface area contributed by atoms with Crippen LogP contribution in [0, 0.1) is 5.92 Å². The van der Waals surface area contributed by atoms with Crippen molar-refractivity contribution >= 4 is 24.2 Å². The Hall–Kier alpha value is -2.52. The van der Waals surface area contributed by atoms with E-state index in [0.717, 1.165) is 0 Å². The summed E-state index contributed by atoms with van der Waals surface area (Å²) in [5.41, 5.74) is 0. The van der Waals surface area contributed by atoms with Gasteiger partial charge in [-0.3, -0.25) is 9.59 Å². The molecule has 0 saturated heterocycles. The molecule has 10 nitrogen and oxygen atoms in total. The fourth-order valence-corrected chi connectivity index (χ4v) is 2.05. The normalized spacial score (nSPS) is 11.6. The Balaban J connectivity index is 3.69. The number of esters is 2. The molecule has 0 aliphatic heterocycles. The van der Waals surface area contributed by atoms with E-state index in [-0.39, 0.29) is 51.0 Å². The number of hydrogen-bond acceptors (Lipinski definition) is 10. The molecule has 0 bridgehead atoms. The second-order valence-electron chi connectivity index (χ2n) is 7.06. The maximum atomic E-state index is 11.9. The zero-order valence-electron chi connectivity index (χ0n) is 18.5. The van der Waals surface area contributed by atoms with Gasteiger partial charge in [-0.1, -0.05) is 13.3 Å². The van der Waals surface area contributed by atoms with Crippen LogP contribution >= 0.6 is 0 Å². The van der Waals surface area contributed by atoms with Gasteiger partial charge in [0.1, 0.15) is 26.4 Å². The molecule has 0 heterocycles. The molecule has 30 heavy (non-hydrogen) atoms. The van der Waals surface area contributed by atoms with Crippen molar-refractivity contribution in [1.82, 2.24) is 0 Å². The van der Waals surface area contributed by atoms with Gasteiger partial charge in [-0.25, -0.2) is 9.59 Å². The summed E-state index contributed by atoms with van der Waals surface area (Å²) < 4.78 is 29.0. The van der Waals surface area contributed by atoms with Crippen LogP contribution in [0.5, 0.6) is 0 Å². The van der Waals surface area contributed by atoms with Crippen molar-refractivity contribution in [2.24, 2.45) is 5.92 Å². The lowest BCUT2D eigenvalue weighted by atomic mass is 10.0. The molecule has 0 aromatic heterocycles. The molecule has 0 radical (unpaired) electrons. The second-order valence-corrected chi connectivity index (χ2v) is 7.06. The summed E-state index contributed by atoms with van der Waals surface area (Å²) in [6.07, 6.45) is -0.222. The van der Waals surface area contributed by atoms with Crippen LogP contribution in [0.3, 0.4) is 0 Å². The van der Waals surface area contributed by atoms with Crippen molar-refractivity contribution < 1.29 is 47.6 Å². The third-order valence-corrected chi connectivity index (χ3v) is 3.45. The minimum atomic E-state index is -0.803. The maximum absolute atomic E-state index is 11.9. The highest BCUT2D eigenvalue weighted by Gasteiger charge is 2.15. The van der Waals surface area contributed by atoms with Crippen molar-refractivity contribution in [2.45, 2.75) is 72.5 Å². The van der Waals surface area contributed by atoms with Gasteiger partial charge in [-0.2, -0.15) is 0 Å². The van der Waals surface area contributed by atoms with Crippen LogP contribution in [0.25, 0.3) is 0 Å². The highest BCUT2D eigenvalue weighted by molar-refractivity contribution is 5.72. The highest BCUT2D eigenvalue weighted by atomic mass is 16.7. The van der Waals surface area contributed by atoms with E-state index in [1.54, 1.807) is 34.6 Å². The predicted molar refractivity (Wildman–Crippen MR) is 105 cm³/mol. The SMILES string of the molecule is CC(C)OC(=O)OCCOC(=O)CCCCC(C)C(=O)OCCOC(=O)OC(C)C. The topological polar surface area (TPSA) is 124 Å². The third kappa shape index (κ3) is 16.4. The lowest BCUT2D eigenvalue weighted by Gasteiger charge is -2.12. The number of ether oxygens (including phenoxy) is 6. The van der Waals surface area contributed by atoms with Crippen LogP contribution in [0.4, 0.5) is 9.59 Å². The molecule has 0 saturated carbocycles. The van der Waals surface area contributed by atoms with Crippen molar-refractivity contribution in [3.8, 4) is 0 Å². The molecule has 10 heteroatoms. The van der Waals surface area contributed by atoms with Gasteiger partial charge in [0.25, 0.3) is 0 Å². The lowest BCUT2D eigenvalue weighted by Crippen LogP contribution is -2.20. The number of carbonyl (C=O) groups is 4. The van der Waals surface area contributed by atoms with Crippen molar-refractivity contribution in [1.29, 1.82) is 0 Å². The van der Waals surface area contributed by atoms with Gasteiger partial charge in [0.15, 0.2) is 0 Å². The quantitative estimate of drug-likeness (QED) is 0.228. The first-order chi connectivity index (χ1) is 14.1. The molecule has 0 rings (SSSR count). The lowest BCUT2D eigenvalue weighted by molar-refractivity contribution is -0.149. The minimum absolute atomic E-state index is 0.0401. The Morgan fingerprint density at radius 3 is 1.60 bits per heavy atom. The molecule has 174 valence electrons. The molecule has 0 aliphatic carbocycles. The Morgan fingerprint density at radius 1 is 0.633 bits per heavy atom. The van der Waals surface area contributed by atoms with E-state index in [0.29, 0.717) is 19.3 Å².